The summed E-state index contributed by atoms with van der Waals surface area (Å²) < 4.78 is 0. The second-order valence-corrected chi connectivity index (χ2v) is 1.97. The fourth-order valence-electron chi connectivity index (χ4n) is 0.825. The molecule has 0 aromatic carbocycles. The van der Waals surface area contributed by atoms with Gasteiger partial charge in [-0.1, -0.05) is 0 Å². The largest absolute Gasteiger partial charge is 2.00 e. The van der Waals surface area contributed by atoms with Crippen molar-refractivity contribution >= 4 is 0 Å². The van der Waals surface area contributed by atoms with E-state index >= 15 is 0 Å². The van der Waals surface area contributed by atoms with Crippen LogP contribution in [0.15, 0.2) is 0 Å². The molecule has 0 aromatic rings. The number of hydrogen-bond donors (Lipinski definition) is 0. The van der Waals surface area contributed by atoms with E-state index in [9.17, 15) is 0 Å². The first-order valence-electron chi connectivity index (χ1n) is 2.54. The van der Waals surface area contributed by atoms with Crippen molar-refractivity contribution in [2.75, 3.05) is 0 Å². The summed E-state index contributed by atoms with van der Waals surface area (Å²) in [6.07, 6.45) is 6.19. The Morgan fingerprint density at radius 2 is 2.29 bits per heavy atom. The summed E-state index contributed by atoms with van der Waals surface area (Å²) in [5.74, 6) is 0.741. The van der Waals surface area contributed by atoms with Gasteiger partial charge in [0.1, 0.15) is 0 Å². The van der Waals surface area contributed by atoms with Gasteiger partial charge in [0.05, 0.1) is 0 Å². The third-order valence-corrected chi connectivity index (χ3v) is 1.28. The van der Waals surface area contributed by atoms with Gasteiger partial charge < -0.3 is 13.3 Å². The average Bonchev–Trinajstić information content (AvgIpc) is 1.86. The van der Waals surface area contributed by atoms with Crippen LogP contribution in [-0.2, 0) is 26.2 Å². The van der Waals surface area contributed by atoms with Crippen LogP contribution in [0.4, 0.5) is 0 Å². The van der Waals surface area contributed by atoms with Gasteiger partial charge in [-0.2, -0.15) is 12.3 Å². The van der Waals surface area contributed by atoms with E-state index in [1.54, 1.807) is 0 Å². The van der Waals surface area contributed by atoms with Gasteiger partial charge in [-0.25, -0.2) is 6.42 Å². The molecule has 0 N–H and O–H groups in total. The van der Waals surface area contributed by atoms with Crippen LogP contribution in [0.5, 0.6) is 0 Å². The second kappa shape index (κ2) is 3.83. The summed E-state index contributed by atoms with van der Waals surface area (Å²) >= 11 is 0. The number of hydrogen-bond acceptors (Lipinski definition) is 0. The molecule has 0 spiro atoms. The molecule has 1 aliphatic rings. The summed E-state index contributed by atoms with van der Waals surface area (Å²) in [7, 11) is 0. The fraction of sp³-hybridized carbons (Fsp3) is 0.667. The van der Waals surface area contributed by atoms with E-state index in [0.29, 0.717) is 0 Å². The maximum Gasteiger partial charge on any atom is 2.00 e. The fourth-order valence-corrected chi connectivity index (χ4v) is 0.825. The normalized spacial score (nSPS) is 29.6. The molecule has 0 saturated heterocycles. The van der Waals surface area contributed by atoms with Crippen LogP contribution in [0, 0.1) is 19.3 Å². The average molecular weight is 173 g/mol. The van der Waals surface area contributed by atoms with Crippen LogP contribution in [0.3, 0.4) is 0 Å². The molecule has 38 valence electrons. The Balaban J connectivity index is 0.000000360. The molecule has 7 heavy (non-hydrogen) atoms. The quantitative estimate of drug-likeness (QED) is 0.490. The zero-order valence-electron chi connectivity index (χ0n) is 4.48. The molecule has 0 nitrogen and oxygen atoms in total. The van der Waals surface area contributed by atoms with Crippen molar-refractivity contribution in [3.05, 3.63) is 13.3 Å². The smallest absolute Gasteiger partial charge is 0.343 e. The molecule has 1 heteroatoms. The van der Waals surface area contributed by atoms with Gasteiger partial charge in [0.15, 0.2) is 0 Å². The van der Waals surface area contributed by atoms with Crippen LogP contribution in [0.25, 0.3) is 0 Å². The molecule has 0 amide bonds. The Morgan fingerprint density at radius 1 is 1.57 bits per heavy atom. The molecule has 0 aromatic heterocycles. The minimum Gasteiger partial charge on any atom is -0.343 e. The van der Waals surface area contributed by atoms with E-state index in [1.807, 2.05) is 0 Å². The summed E-state index contributed by atoms with van der Waals surface area (Å²) in [5.41, 5.74) is 0. The van der Waals surface area contributed by atoms with E-state index in [1.165, 1.54) is 19.3 Å². The van der Waals surface area contributed by atoms with Gasteiger partial charge >= 0.3 is 26.2 Å². The maximum absolute atomic E-state index is 3.91. The SMILES string of the molecule is [CH2-]C1C[CH-]CC1.[Zr+2]. The Bertz CT molecular complexity index is 37.4. The van der Waals surface area contributed by atoms with Gasteiger partial charge in [0, 0.05) is 0 Å². The third-order valence-electron chi connectivity index (χ3n) is 1.28. The van der Waals surface area contributed by atoms with Gasteiger partial charge in [-0.3, -0.25) is 0 Å². The Labute approximate surface area is 64.8 Å². The second-order valence-electron chi connectivity index (χ2n) is 1.97. The summed E-state index contributed by atoms with van der Waals surface area (Å²) in [6, 6.07) is 0. The van der Waals surface area contributed by atoms with Crippen molar-refractivity contribution in [1.29, 1.82) is 0 Å². The Morgan fingerprint density at radius 3 is 2.43 bits per heavy atom. The predicted octanol–water partition coefficient (Wildman–Crippen LogP) is 1.82. The van der Waals surface area contributed by atoms with E-state index in [2.05, 4.69) is 13.3 Å². The number of rotatable bonds is 0. The standard InChI is InChI=1S/C6H10.Zr/c1-6-4-2-3-5-6;/h2,6H,1,3-5H2;/q-2;+2. The van der Waals surface area contributed by atoms with E-state index in [0.717, 1.165) is 5.92 Å². The van der Waals surface area contributed by atoms with Crippen molar-refractivity contribution in [3.63, 3.8) is 0 Å². The molecule has 1 aliphatic carbocycles. The molecule has 1 rings (SSSR count). The summed E-state index contributed by atoms with van der Waals surface area (Å²) in [5, 5.41) is 0. The van der Waals surface area contributed by atoms with Crippen molar-refractivity contribution in [1.82, 2.24) is 0 Å². The molecule has 0 heterocycles. The first-order chi connectivity index (χ1) is 2.89. The zero-order chi connectivity index (χ0) is 4.41. The van der Waals surface area contributed by atoms with E-state index in [4.69, 9.17) is 0 Å². The minimum absolute atomic E-state index is 0. The van der Waals surface area contributed by atoms with Crippen molar-refractivity contribution in [3.8, 4) is 0 Å². The van der Waals surface area contributed by atoms with Crippen LogP contribution >= 0.6 is 0 Å². The van der Waals surface area contributed by atoms with Gasteiger partial charge in [-0.05, 0) is 0 Å². The molecule has 0 aliphatic heterocycles. The maximum atomic E-state index is 3.91. The monoisotopic (exact) mass is 172 g/mol. The Kier molecular flexibility index (Phi) is 4.32. The topological polar surface area (TPSA) is 0 Å². The first kappa shape index (κ1) is 7.88. The molecular weight excluding hydrogens is 163 g/mol. The van der Waals surface area contributed by atoms with Gasteiger partial charge in [0.25, 0.3) is 0 Å². The minimum atomic E-state index is 0. The van der Waals surface area contributed by atoms with E-state index in [-0.39, 0.29) is 26.2 Å². The van der Waals surface area contributed by atoms with E-state index < -0.39 is 0 Å². The van der Waals surface area contributed by atoms with Crippen molar-refractivity contribution < 1.29 is 26.2 Å². The third kappa shape index (κ3) is 2.64. The summed E-state index contributed by atoms with van der Waals surface area (Å²) in [4.78, 5) is 0. The molecule has 1 saturated carbocycles. The first-order valence-corrected chi connectivity index (χ1v) is 2.54. The Hall–Kier alpha value is 0.883. The molecule has 1 unspecified atom stereocenters. The van der Waals surface area contributed by atoms with Crippen molar-refractivity contribution in [2.45, 2.75) is 19.3 Å². The molecular formula is C6H10Zr. The predicted molar refractivity (Wildman–Crippen MR) is 27.0 cm³/mol. The zero-order valence-corrected chi connectivity index (χ0v) is 6.94. The molecule has 0 radical (unpaired) electrons. The van der Waals surface area contributed by atoms with Crippen LogP contribution < -0.4 is 0 Å². The van der Waals surface area contributed by atoms with Crippen molar-refractivity contribution in [2.24, 2.45) is 5.92 Å². The molecule has 1 fully saturated rings. The van der Waals surface area contributed by atoms with Crippen LogP contribution in [0.1, 0.15) is 19.3 Å². The molecule has 1 atom stereocenters. The van der Waals surface area contributed by atoms with Gasteiger partial charge in [-0.15, -0.1) is 6.42 Å². The van der Waals surface area contributed by atoms with Crippen LogP contribution in [-0.4, -0.2) is 0 Å². The molecule has 0 bridgehead atoms. The summed E-state index contributed by atoms with van der Waals surface area (Å²) in [6.45, 7) is 3.91. The van der Waals surface area contributed by atoms with Gasteiger partial charge in [0.2, 0.25) is 0 Å². The van der Waals surface area contributed by atoms with Crippen LogP contribution in [0.2, 0.25) is 0 Å².